The Labute approximate surface area is 148 Å². The fourth-order valence-electron chi connectivity index (χ4n) is 4.27. The van der Waals surface area contributed by atoms with Gasteiger partial charge in [0.25, 0.3) is 0 Å². The predicted molar refractivity (Wildman–Crippen MR) is 97.2 cm³/mol. The van der Waals surface area contributed by atoms with E-state index in [2.05, 4.69) is 38.0 Å². The van der Waals surface area contributed by atoms with Gasteiger partial charge in [-0.15, -0.1) is 0 Å². The normalized spacial score (nSPS) is 19.8. The van der Waals surface area contributed by atoms with Crippen molar-refractivity contribution in [1.82, 2.24) is 14.9 Å². The van der Waals surface area contributed by atoms with E-state index in [4.69, 9.17) is 0 Å². The van der Waals surface area contributed by atoms with Gasteiger partial charge in [0.1, 0.15) is 11.5 Å². The van der Waals surface area contributed by atoms with Gasteiger partial charge in [-0.25, -0.2) is 9.37 Å². The standard InChI is InChI=1S/C20H26FN3O/c1-13(25)18-17(14-6-8-15(21)9-7-14)22-12-24(18)16-10-19(2,3)23-20(4,5)11-16/h6-9,12,16,23H,10-11H2,1-5H3. The fraction of sp³-hybridized carbons (Fsp3) is 0.500. The average Bonchev–Trinajstić information content (AvgIpc) is 2.89. The molecule has 1 aliphatic rings. The first kappa shape index (κ1) is 17.8. The Balaban J connectivity index is 2.05. The van der Waals surface area contributed by atoms with E-state index in [0.29, 0.717) is 11.4 Å². The second kappa shape index (κ2) is 6.06. The SMILES string of the molecule is CC(=O)c1c(-c2ccc(F)cc2)ncn1C1CC(C)(C)NC(C)(C)C1. The van der Waals surface area contributed by atoms with Crippen molar-refractivity contribution in [3.63, 3.8) is 0 Å². The molecule has 1 aromatic heterocycles. The molecule has 1 N–H and O–H groups in total. The average molecular weight is 343 g/mol. The maximum Gasteiger partial charge on any atom is 0.178 e. The number of hydrogen-bond donors (Lipinski definition) is 1. The third-order valence-electron chi connectivity index (χ3n) is 4.81. The Morgan fingerprint density at radius 2 is 1.72 bits per heavy atom. The molecule has 0 aliphatic carbocycles. The molecule has 1 aliphatic heterocycles. The van der Waals surface area contributed by atoms with Crippen LogP contribution in [0.3, 0.4) is 0 Å². The van der Waals surface area contributed by atoms with Crippen LogP contribution in [0.25, 0.3) is 11.3 Å². The number of aromatic nitrogens is 2. The van der Waals surface area contributed by atoms with E-state index in [-0.39, 0.29) is 28.7 Å². The largest absolute Gasteiger partial charge is 0.324 e. The van der Waals surface area contributed by atoms with Crippen LogP contribution in [0.4, 0.5) is 4.39 Å². The number of carbonyl (C=O) groups excluding carboxylic acids is 1. The fourth-order valence-corrected chi connectivity index (χ4v) is 4.27. The molecule has 1 saturated heterocycles. The van der Waals surface area contributed by atoms with E-state index >= 15 is 0 Å². The van der Waals surface area contributed by atoms with Gasteiger partial charge in [0.05, 0.1) is 12.0 Å². The van der Waals surface area contributed by atoms with Crippen molar-refractivity contribution in [2.45, 2.75) is 64.6 Å². The van der Waals surface area contributed by atoms with Crippen LogP contribution in [0.1, 0.15) is 64.0 Å². The van der Waals surface area contributed by atoms with Gasteiger partial charge in [0.15, 0.2) is 5.78 Å². The number of nitrogens with zero attached hydrogens (tertiary/aromatic N) is 2. The number of hydrogen-bond acceptors (Lipinski definition) is 3. The quantitative estimate of drug-likeness (QED) is 0.842. The minimum Gasteiger partial charge on any atom is -0.324 e. The van der Waals surface area contributed by atoms with Crippen molar-refractivity contribution in [3.8, 4) is 11.3 Å². The molecular weight excluding hydrogens is 317 g/mol. The van der Waals surface area contributed by atoms with Gasteiger partial charge >= 0.3 is 0 Å². The highest BCUT2D eigenvalue weighted by Crippen LogP contribution is 2.38. The Hall–Kier alpha value is -2.01. The number of nitrogens with one attached hydrogen (secondary N) is 1. The first-order valence-electron chi connectivity index (χ1n) is 8.71. The molecule has 0 bridgehead atoms. The zero-order valence-electron chi connectivity index (χ0n) is 15.6. The van der Waals surface area contributed by atoms with Crippen LogP contribution < -0.4 is 5.32 Å². The smallest absolute Gasteiger partial charge is 0.178 e. The van der Waals surface area contributed by atoms with Crippen LogP contribution in [-0.2, 0) is 0 Å². The highest BCUT2D eigenvalue weighted by atomic mass is 19.1. The van der Waals surface area contributed by atoms with E-state index in [1.54, 1.807) is 25.4 Å². The third kappa shape index (κ3) is 3.66. The topological polar surface area (TPSA) is 46.9 Å². The summed E-state index contributed by atoms with van der Waals surface area (Å²) in [5.41, 5.74) is 1.94. The van der Waals surface area contributed by atoms with Crippen LogP contribution in [0, 0.1) is 5.82 Å². The summed E-state index contributed by atoms with van der Waals surface area (Å²) < 4.78 is 15.2. The number of piperidine rings is 1. The molecule has 1 fully saturated rings. The zero-order chi connectivity index (χ0) is 18.4. The summed E-state index contributed by atoms with van der Waals surface area (Å²) in [7, 11) is 0. The van der Waals surface area contributed by atoms with Crippen LogP contribution in [0.2, 0.25) is 0 Å². The monoisotopic (exact) mass is 343 g/mol. The van der Waals surface area contributed by atoms with Gasteiger partial charge in [-0.1, -0.05) is 0 Å². The Bertz CT molecular complexity index is 774. The molecule has 0 spiro atoms. The van der Waals surface area contributed by atoms with Crippen molar-refractivity contribution >= 4 is 5.78 Å². The lowest BCUT2D eigenvalue weighted by Gasteiger charge is -2.47. The molecule has 2 aromatic rings. The van der Waals surface area contributed by atoms with Crippen molar-refractivity contribution in [2.75, 3.05) is 0 Å². The molecule has 4 nitrogen and oxygen atoms in total. The molecule has 0 amide bonds. The van der Waals surface area contributed by atoms with Gasteiger partial charge in [0.2, 0.25) is 0 Å². The molecule has 2 heterocycles. The summed E-state index contributed by atoms with van der Waals surface area (Å²) in [6.07, 6.45) is 3.59. The summed E-state index contributed by atoms with van der Waals surface area (Å²) in [5, 5.41) is 3.66. The first-order valence-corrected chi connectivity index (χ1v) is 8.71. The maximum absolute atomic E-state index is 13.2. The van der Waals surface area contributed by atoms with Gasteiger partial charge in [-0.05, 0) is 64.8 Å². The summed E-state index contributed by atoms with van der Waals surface area (Å²) in [6, 6.07) is 6.33. The minimum atomic E-state index is -0.297. The van der Waals surface area contributed by atoms with Gasteiger partial charge in [-0.2, -0.15) is 0 Å². The van der Waals surface area contributed by atoms with E-state index < -0.39 is 0 Å². The second-order valence-electron chi connectivity index (χ2n) is 8.37. The number of ketones is 1. The van der Waals surface area contributed by atoms with Crippen molar-refractivity contribution < 1.29 is 9.18 Å². The summed E-state index contributed by atoms with van der Waals surface area (Å²) in [5.74, 6) is -0.319. The highest BCUT2D eigenvalue weighted by Gasteiger charge is 2.39. The van der Waals surface area contributed by atoms with Gasteiger partial charge < -0.3 is 9.88 Å². The molecule has 0 unspecified atom stereocenters. The summed E-state index contributed by atoms with van der Waals surface area (Å²) in [6.45, 7) is 10.3. The zero-order valence-corrected chi connectivity index (χ0v) is 15.6. The lowest BCUT2D eigenvalue weighted by atomic mass is 9.79. The Morgan fingerprint density at radius 1 is 1.16 bits per heavy atom. The molecule has 1 aromatic carbocycles. The Morgan fingerprint density at radius 3 is 2.24 bits per heavy atom. The maximum atomic E-state index is 13.2. The lowest BCUT2D eigenvalue weighted by molar-refractivity contribution is 0.0981. The second-order valence-corrected chi connectivity index (χ2v) is 8.37. The van der Waals surface area contributed by atoms with E-state index in [1.165, 1.54) is 12.1 Å². The first-order chi connectivity index (χ1) is 11.6. The summed E-state index contributed by atoms with van der Waals surface area (Å²) in [4.78, 5) is 16.9. The number of imidazole rings is 1. The molecule has 5 heteroatoms. The molecule has 0 radical (unpaired) electrons. The predicted octanol–water partition coefficient (Wildman–Crippen LogP) is 4.37. The van der Waals surface area contributed by atoms with Crippen molar-refractivity contribution in [3.05, 3.63) is 42.1 Å². The third-order valence-corrected chi connectivity index (χ3v) is 4.81. The van der Waals surface area contributed by atoms with Crippen LogP contribution in [0.15, 0.2) is 30.6 Å². The van der Waals surface area contributed by atoms with E-state index in [1.807, 2.05) is 4.57 Å². The number of carbonyl (C=O) groups is 1. The lowest BCUT2D eigenvalue weighted by Crippen LogP contribution is -2.58. The molecule has 0 saturated carbocycles. The molecule has 25 heavy (non-hydrogen) atoms. The van der Waals surface area contributed by atoms with Crippen molar-refractivity contribution in [2.24, 2.45) is 0 Å². The summed E-state index contributed by atoms with van der Waals surface area (Å²) >= 11 is 0. The molecule has 3 rings (SSSR count). The van der Waals surface area contributed by atoms with E-state index in [9.17, 15) is 9.18 Å². The Kier molecular flexibility index (Phi) is 4.31. The number of benzene rings is 1. The highest BCUT2D eigenvalue weighted by molar-refractivity contribution is 5.98. The van der Waals surface area contributed by atoms with Crippen molar-refractivity contribution in [1.29, 1.82) is 0 Å². The van der Waals surface area contributed by atoms with Crippen LogP contribution >= 0.6 is 0 Å². The number of Topliss-reactive ketones (excluding diaryl/α,β-unsaturated/α-hetero) is 1. The number of rotatable bonds is 3. The van der Waals surface area contributed by atoms with Crippen LogP contribution in [0.5, 0.6) is 0 Å². The number of halogens is 1. The van der Waals surface area contributed by atoms with Gasteiger partial charge in [-0.3, -0.25) is 4.79 Å². The van der Waals surface area contributed by atoms with E-state index in [0.717, 1.165) is 18.4 Å². The molecular formula is C20H26FN3O. The molecule has 0 atom stereocenters. The van der Waals surface area contributed by atoms with Crippen LogP contribution in [-0.4, -0.2) is 26.4 Å². The minimum absolute atomic E-state index is 0.0223. The van der Waals surface area contributed by atoms with Gasteiger partial charge in [0, 0.05) is 29.6 Å². The molecule has 134 valence electrons.